The van der Waals surface area contributed by atoms with Crippen LogP contribution in [0.5, 0.6) is 0 Å². The molecule has 0 amide bonds. The summed E-state index contributed by atoms with van der Waals surface area (Å²) < 4.78 is 0. The standard InChI is InChI=1S/C15H26N4S/c1-4-16-15(18-11-14-6-5-9-20-14)17-10-12(2)19(3)13-7-8-13/h5-6,9,12-13H,4,7-8,10-11H2,1-3H3,(H2,16,17,18). The Labute approximate surface area is 126 Å². The van der Waals surface area contributed by atoms with Gasteiger partial charge in [-0.1, -0.05) is 6.07 Å². The van der Waals surface area contributed by atoms with Gasteiger partial charge in [0.05, 0.1) is 6.54 Å². The normalized spacial score (nSPS) is 17.3. The molecule has 0 aliphatic heterocycles. The van der Waals surface area contributed by atoms with Gasteiger partial charge in [-0.05, 0) is 45.2 Å². The number of thiophene rings is 1. The van der Waals surface area contributed by atoms with Crippen LogP contribution in [0, 0.1) is 0 Å². The van der Waals surface area contributed by atoms with Crippen molar-refractivity contribution >= 4 is 17.3 Å². The van der Waals surface area contributed by atoms with Crippen molar-refractivity contribution in [1.82, 2.24) is 15.5 Å². The molecule has 1 aromatic rings. The summed E-state index contributed by atoms with van der Waals surface area (Å²) >= 11 is 1.75. The van der Waals surface area contributed by atoms with Crippen molar-refractivity contribution < 1.29 is 0 Å². The fourth-order valence-electron chi connectivity index (χ4n) is 2.13. The van der Waals surface area contributed by atoms with Crippen LogP contribution in [0.2, 0.25) is 0 Å². The molecular weight excluding hydrogens is 268 g/mol. The van der Waals surface area contributed by atoms with Crippen LogP contribution < -0.4 is 10.6 Å². The third-order valence-corrected chi connectivity index (χ3v) is 4.56. The first kappa shape index (κ1) is 15.3. The van der Waals surface area contributed by atoms with Gasteiger partial charge in [0.15, 0.2) is 5.96 Å². The molecule has 4 nitrogen and oxygen atoms in total. The third-order valence-electron chi connectivity index (χ3n) is 3.70. The van der Waals surface area contributed by atoms with E-state index >= 15 is 0 Å². The van der Waals surface area contributed by atoms with E-state index in [0.29, 0.717) is 6.04 Å². The minimum absolute atomic E-state index is 0.535. The summed E-state index contributed by atoms with van der Waals surface area (Å²) in [4.78, 5) is 8.40. The monoisotopic (exact) mass is 294 g/mol. The smallest absolute Gasteiger partial charge is 0.191 e. The number of guanidine groups is 1. The molecular formula is C15H26N4S. The van der Waals surface area contributed by atoms with Gasteiger partial charge in [0.1, 0.15) is 0 Å². The Morgan fingerprint density at radius 3 is 2.90 bits per heavy atom. The Morgan fingerprint density at radius 2 is 2.30 bits per heavy atom. The first-order chi connectivity index (χ1) is 9.70. The second-order valence-corrected chi connectivity index (χ2v) is 6.43. The first-order valence-electron chi connectivity index (χ1n) is 7.47. The molecule has 5 heteroatoms. The van der Waals surface area contributed by atoms with Gasteiger partial charge in [-0.3, -0.25) is 4.90 Å². The van der Waals surface area contributed by atoms with Crippen LogP contribution in [0.4, 0.5) is 0 Å². The summed E-state index contributed by atoms with van der Waals surface area (Å²) in [5, 5.41) is 8.85. The van der Waals surface area contributed by atoms with E-state index in [1.54, 1.807) is 11.3 Å². The lowest BCUT2D eigenvalue weighted by Crippen LogP contribution is -2.45. The lowest BCUT2D eigenvalue weighted by Gasteiger charge is -2.25. The average molecular weight is 294 g/mol. The van der Waals surface area contributed by atoms with Gasteiger partial charge in [-0.2, -0.15) is 0 Å². The Hall–Kier alpha value is -1.07. The lowest BCUT2D eigenvalue weighted by molar-refractivity contribution is 0.247. The molecule has 1 saturated carbocycles. The molecule has 1 unspecified atom stereocenters. The number of nitrogens with zero attached hydrogens (tertiary/aromatic N) is 2. The highest BCUT2D eigenvalue weighted by Crippen LogP contribution is 2.26. The maximum absolute atomic E-state index is 4.63. The zero-order valence-electron chi connectivity index (χ0n) is 12.7. The average Bonchev–Trinajstić information content (AvgIpc) is 3.17. The van der Waals surface area contributed by atoms with Crippen molar-refractivity contribution in [2.75, 3.05) is 20.1 Å². The highest BCUT2D eigenvalue weighted by atomic mass is 32.1. The van der Waals surface area contributed by atoms with Gasteiger partial charge < -0.3 is 10.6 Å². The van der Waals surface area contributed by atoms with E-state index in [1.807, 2.05) is 0 Å². The molecule has 1 aromatic heterocycles. The molecule has 0 saturated heterocycles. The number of hydrogen-bond acceptors (Lipinski definition) is 3. The van der Waals surface area contributed by atoms with Crippen molar-refractivity contribution in [1.29, 1.82) is 0 Å². The van der Waals surface area contributed by atoms with E-state index in [4.69, 9.17) is 0 Å². The van der Waals surface area contributed by atoms with Gasteiger partial charge in [-0.25, -0.2) is 4.99 Å². The highest BCUT2D eigenvalue weighted by Gasteiger charge is 2.28. The van der Waals surface area contributed by atoms with Crippen molar-refractivity contribution in [3.05, 3.63) is 22.4 Å². The zero-order chi connectivity index (χ0) is 14.4. The topological polar surface area (TPSA) is 39.7 Å². The Bertz CT molecular complexity index is 412. The molecule has 1 aliphatic carbocycles. The van der Waals surface area contributed by atoms with E-state index in [2.05, 4.69) is 58.9 Å². The zero-order valence-corrected chi connectivity index (χ0v) is 13.5. The maximum atomic E-state index is 4.63. The third kappa shape index (κ3) is 4.80. The molecule has 1 aliphatic rings. The minimum Gasteiger partial charge on any atom is -0.357 e. The molecule has 1 atom stereocenters. The molecule has 2 N–H and O–H groups in total. The molecule has 0 aromatic carbocycles. The van der Waals surface area contributed by atoms with Crippen molar-refractivity contribution in [2.45, 2.75) is 45.3 Å². The van der Waals surface area contributed by atoms with Gasteiger partial charge in [0.25, 0.3) is 0 Å². The highest BCUT2D eigenvalue weighted by molar-refractivity contribution is 7.09. The molecule has 0 bridgehead atoms. The minimum atomic E-state index is 0.535. The Kier molecular flexibility index (Phi) is 5.86. The van der Waals surface area contributed by atoms with Gasteiger partial charge in [0, 0.05) is 30.1 Å². The maximum Gasteiger partial charge on any atom is 0.191 e. The van der Waals surface area contributed by atoms with Crippen LogP contribution >= 0.6 is 11.3 Å². The van der Waals surface area contributed by atoms with Crippen molar-refractivity contribution in [2.24, 2.45) is 4.99 Å². The molecule has 1 fully saturated rings. The van der Waals surface area contributed by atoms with Gasteiger partial charge in [0.2, 0.25) is 0 Å². The van der Waals surface area contributed by atoms with Crippen LogP contribution in [-0.2, 0) is 6.54 Å². The predicted molar refractivity (Wildman–Crippen MR) is 87.4 cm³/mol. The van der Waals surface area contributed by atoms with Crippen molar-refractivity contribution in [3.63, 3.8) is 0 Å². The Morgan fingerprint density at radius 1 is 1.50 bits per heavy atom. The van der Waals surface area contributed by atoms with Gasteiger partial charge >= 0.3 is 0 Å². The fraction of sp³-hybridized carbons (Fsp3) is 0.667. The van der Waals surface area contributed by atoms with E-state index in [0.717, 1.165) is 31.6 Å². The summed E-state index contributed by atoms with van der Waals surface area (Å²) in [5.74, 6) is 0.914. The van der Waals surface area contributed by atoms with Gasteiger partial charge in [-0.15, -0.1) is 11.3 Å². The van der Waals surface area contributed by atoms with Crippen molar-refractivity contribution in [3.8, 4) is 0 Å². The van der Waals surface area contributed by atoms with E-state index in [9.17, 15) is 0 Å². The lowest BCUT2D eigenvalue weighted by atomic mass is 10.3. The largest absolute Gasteiger partial charge is 0.357 e. The van der Waals surface area contributed by atoms with Crippen LogP contribution in [0.15, 0.2) is 22.5 Å². The quantitative estimate of drug-likeness (QED) is 0.599. The SMILES string of the molecule is CCNC(=NCc1cccs1)NCC(C)N(C)C1CC1. The van der Waals surface area contributed by atoms with E-state index in [1.165, 1.54) is 17.7 Å². The summed E-state index contributed by atoms with van der Waals surface area (Å²) in [6.07, 6.45) is 2.71. The van der Waals surface area contributed by atoms with E-state index < -0.39 is 0 Å². The number of nitrogens with one attached hydrogen (secondary N) is 2. The van der Waals surface area contributed by atoms with Crippen LogP contribution in [0.1, 0.15) is 31.6 Å². The molecule has 0 spiro atoms. The summed E-state index contributed by atoms with van der Waals surface area (Å²) in [5.41, 5.74) is 0. The Balaban J connectivity index is 1.80. The van der Waals surface area contributed by atoms with Crippen LogP contribution in [-0.4, -0.2) is 43.1 Å². The second kappa shape index (κ2) is 7.64. The molecule has 2 rings (SSSR count). The summed E-state index contributed by atoms with van der Waals surface area (Å²) in [7, 11) is 2.22. The fourth-order valence-corrected chi connectivity index (χ4v) is 2.76. The molecule has 0 radical (unpaired) electrons. The molecule has 112 valence electrons. The first-order valence-corrected chi connectivity index (χ1v) is 8.35. The van der Waals surface area contributed by atoms with Crippen LogP contribution in [0.25, 0.3) is 0 Å². The summed E-state index contributed by atoms with van der Waals surface area (Å²) in [6, 6.07) is 5.54. The molecule has 20 heavy (non-hydrogen) atoms. The second-order valence-electron chi connectivity index (χ2n) is 5.40. The summed E-state index contributed by atoms with van der Waals surface area (Å²) in [6.45, 7) is 6.95. The number of aliphatic imine (C=N–C) groups is 1. The number of hydrogen-bond donors (Lipinski definition) is 2. The predicted octanol–water partition coefficient (Wildman–Crippen LogP) is 2.29. The molecule has 1 heterocycles. The number of likely N-dealkylation sites (N-methyl/N-ethyl adjacent to an activating group) is 1. The van der Waals surface area contributed by atoms with Crippen LogP contribution in [0.3, 0.4) is 0 Å². The van der Waals surface area contributed by atoms with E-state index in [-0.39, 0.29) is 0 Å². The number of rotatable bonds is 7.